The highest BCUT2D eigenvalue weighted by Crippen LogP contribution is 2.25. The molecule has 0 bridgehead atoms. The highest BCUT2D eigenvalue weighted by Gasteiger charge is 2.28. The van der Waals surface area contributed by atoms with Crippen molar-refractivity contribution in [1.82, 2.24) is 24.5 Å². The van der Waals surface area contributed by atoms with E-state index in [2.05, 4.69) is 15.1 Å². The number of hydrogen-bond acceptors (Lipinski definition) is 5. The topological polar surface area (TPSA) is 72.6 Å². The van der Waals surface area contributed by atoms with Crippen LogP contribution in [0.1, 0.15) is 27.8 Å². The van der Waals surface area contributed by atoms with Crippen molar-refractivity contribution in [3.05, 3.63) is 58.8 Å². The van der Waals surface area contributed by atoms with Gasteiger partial charge < -0.3 is 9.64 Å². The third-order valence-corrected chi connectivity index (χ3v) is 4.24. The predicted octanol–water partition coefficient (Wildman–Crippen LogP) is 2.55. The van der Waals surface area contributed by atoms with Gasteiger partial charge >= 0.3 is 0 Å². The Morgan fingerprint density at radius 2 is 2.20 bits per heavy atom. The van der Waals surface area contributed by atoms with Crippen molar-refractivity contribution in [2.45, 2.75) is 13.0 Å². The van der Waals surface area contributed by atoms with E-state index in [1.165, 1.54) is 9.42 Å². The van der Waals surface area contributed by atoms with Crippen molar-refractivity contribution in [2.24, 2.45) is 0 Å². The molecule has 0 radical (unpaired) electrons. The Morgan fingerprint density at radius 3 is 2.88 bits per heavy atom. The van der Waals surface area contributed by atoms with E-state index in [-0.39, 0.29) is 22.7 Å². The van der Waals surface area contributed by atoms with Crippen LogP contribution in [0.3, 0.4) is 0 Å². The number of rotatable bonds is 5. The first-order chi connectivity index (χ1) is 12.0. The van der Waals surface area contributed by atoms with Gasteiger partial charge in [-0.1, -0.05) is 17.7 Å². The van der Waals surface area contributed by atoms with Crippen LogP contribution in [0.15, 0.2) is 36.8 Å². The summed E-state index contributed by atoms with van der Waals surface area (Å²) in [6.07, 6.45) is 5.14. The fourth-order valence-corrected chi connectivity index (χ4v) is 2.83. The molecule has 130 valence electrons. The number of pyridine rings is 1. The van der Waals surface area contributed by atoms with Crippen LogP contribution in [-0.4, -0.2) is 51.2 Å². The first kappa shape index (κ1) is 17.3. The van der Waals surface area contributed by atoms with Gasteiger partial charge in [-0.3, -0.25) is 9.78 Å². The van der Waals surface area contributed by atoms with Gasteiger partial charge in [0.25, 0.3) is 5.91 Å². The summed E-state index contributed by atoms with van der Waals surface area (Å²) in [4.78, 5) is 23.1. The van der Waals surface area contributed by atoms with Gasteiger partial charge in [0.05, 0.1) is 18.3 Å². The second-order valence-corrected chi connectivity index (χ2v) is 6.08. The van der Waals surface area contributed by atoms with Crippen LogP contribution < -0.4 is 0 Å². The molecule has 1 amide bonds. The lowest BCUT2D eigenvalue weighted by atomic mass is 10.1. The van der Waals surface area contributed by atoms with E-state index in [9.17, 15) is 4.79 Å². The van der Waals surface area contributed by atoms with Crippen LogP contribution in [0.2, 0.25) is 5.02 Å². The zero-order valence-electron chi connectivity index (χ0n) is 14.2. The van der Waals surface area contributed by atoms with Gasteiger partial charge in [0.1, 0.15) is 5.02 Å². The van der Waals surface area contributed by atoms with Gasteiger partial charge in [-0.25, -0.2) is 9.50 Å². The van der Waals surface area contributed by atoms with E-state index >= 15 is 0 Å². The number of hydrogen-bond donors (Lipinski definition) is 0. The molecule has 25 heavy (non-hydrogen) atoms. The van der Waals surface area contributed by atoms with Crippen molar-refractivity contribution in [2.75, 3.05) is 20.8 Å². The number of likely N-dealkylation sites (N-methyl/N-ethyl adjacent to an activating group) is 1. The molecule has 0 spiro atoms. The number of aromatic nitrogens is 4. The Labute approximate surface area is 150 Å². The highest BCUT2D eigenvalue weighted by atomic mass is 35.5. The molecule has 1 atom stereocenters. The summed E-state index contributed by atoms with van der Waals surface area (Å²) in [6, 6.07) is 5.19. The molecule has 0 aromatic carbocycles. The van der Waals surface area contributed by atoms with E-state index in [0.717, 1.165) is 11.3 Å². The lowest BCUT2D eigenvalue weighted by Gasteiger charge is -2.26. The van der Waals surface area contributed by atoms with Gasteiger partial charge in [0, 0.05) is 32.7 Å². The van der Waals surface area contributed by atoms with Crippen molar-refractivity contribution in [3.63, 3.8) is 0 Å². The summed E-state index contributed by atoms with van der Waals surface area (Å²) in [5.41, 5.74) is 2.25. The zero-order chi connectivity index (χ0) is 18.0. The quantitative estimate of drug-likeness (QED) is 0.700. The number of amides is 1. The first-order valence-corrected chi connectivity index (χ1v) is 8.08. The molecule has 8 heteroatoms. The minimum absolute atomic E-state index is 0.152. The maximum atomic E-state index is 13.0. The molecule has 0 N–H and O–H groups in total. The number of fused-ring (bicyclic) bond motifs is 1. The van der Waals surface area contributed by atoms with Crippen molar-refractivity contribution >= 4 is 23.2 Å². The Bertz CT molecular complexity index is 897. The van der Waals surface area contributed by atoms with E-state index in [1.54, 1.807) is 32.7 Å². The number of ether oxygens (including phenoxy) is 1. The summed E-state index contributed by atoms with van der Waals surface area (Å²) < 4.78 is 6.78. The van der Waals surface area contributed by atoms with E-state index in [1.807, 2.05) is 25.1 Å². The molecule has 0 unspecified atom stereocenters. The SMILES string of the molecule is COC[C@H](c1ccccn1)N(C)C(=O)c1nn2cc(C)cnc2c1Cl. The third kappa shape index (κ3) is 3.33. The average Bonchev–Trinajstić information content (AvgIpc) is 2.95. The molecule has 0 saturated heterocycles. The lowest BCUT2D eigenvalue weighted by molar-refractivity contribution is 0.0589. The molecule has 0 saturated carbocycles. The van der Waals surface area contributed by atoms with Crippen molar-refractivity contribution < 1.29 is 9.53 Å². The predicted molar refractivity (Wildman–Crippen MR) is 93.7 cm³/mol. The van der Waals surface area contributed by atoms with Crippen molar-refractivity contribution in [3.8, 4) is 0 Å². The molecule has 0 aliphatic heterocycles. The number of nitrogens with zero attached hydrogens (tertiary/aromatic N) is 5. The van der Waals surface area contributed by atoms with Gasteiger partial charge in [-0.2, -0.15) is 5.10 Å². The van der Waals surface area contributed by atoms with Crippen LogP contribution in [0, 0.1) is 6.92 Å². The maximum absolute atomic E-state index is 13.0. The van der Waals surface area contributed by atoms with Crippen LogP contribution in [0.5, 0.6) is 0 Å². The highest BCUT2D eigenvalue weighted by molar-refractivity contribution is 6.36. The second-order valence-electron chi connectivity index (χ2n) is 5.70. The first-order valence-electron chi connectivity index (χ1n) is 7.70. The Kier molecular flexibility index (Phi) is 4.96. The standard InChI is InChI=1S/C17H18ClN5O2/c1-11-8-20-16-14(18)15(21-23(16)9-11)17(24)22(2)13(10-25-3)12-6-4-5-7-19-12/h4-9,13H,10H2,1-3H3/t13-/m1/s1. The minimum Gasteiger partial charge on any atom is -0.382 e. The summed E-state index contributed by atoms with van der Waals surface area (Å²) in [5, 5.41) is 4.53. The van der Waals surface area contributed by atoms with E-state index in [4.69, 9.17) is 16.3 Å². The van der Waals surface area contributed by atoms with E-state index < -0.39 is 0 Å². The molecular weight excluding hydrogens is 342 g/mol. The smallest absolute Gasteiger partial charge is 0.276 e. The monoisotopic (exact) mass is 359 g/mol. The number of halogens is 1. The van der Waals surface area contributed by atoms with Gasteiger partial charge in [-0.05, 0) is 24.6 Å². The van der Waals surface area contributed by atoms with Gasteiger partial charge in [0.15, 0.2) is 11.3 Å². The lowest BCUT2D eigenvalue weighted by Crippen LogP contribution is -2.34. The van der Waals surface area contributed by atoms with Crippen molar-refractivity contribution in [1.29, 1.82) is 0 Å². The average molecular weight is 360 g/mol. The molecule has 0 aliphatic rings. The third-order valence-electron chi connectivity index (χ3n) is 3.89. The molecule has 3 aromatic rings. The zero-order valence-corrected chi connectivity index (χ0v) is 14.9. The molecule has 3 aromatic heterocycles. The van der Waals surface area contributed by atoms with Crippen LogP contribution in [-0.2, 0) is 4.74 Å². The largest absolute Gasteiger partial charge is 0.382 e. The Balaban J connectivity index is 1.97. The summed E-state index contributed by atoms with van der Waals surface area (Å²) >= 11 is 6.34. The van der Waals surface area contributed by atoms with Crippen LogP contribution >= 0.6 is 11.6 Å². The summed E-state index contributed by atoms with van der Waals surface area (Å²) in [6.45, 7) is 2.20. The molecule has 3 rings (SSSR count). The Morgan fingerprint density at radius 1 is 1.40 bits per heavy atom. The van der Waals surface area contributed by atoms with Crippen LogP contribution in [0.25, 0.3) is 5.65 Å². The molecule has 0 fully saturated rings. The van der Waals surface area contributed by atoms with Crippen LogP contribution in [0.4, 0.5) is 0 Å². The number of carbonyl (C=O) groups is 1. The fraction of sp³-hybridized carbons (Fsp3) is 0.294. The molecule has 0 aliphatic carbocycles. The number of methoxy groups -OCH3 is 1. The summed E-state index contributed by atoms with van der Waals surface area (Å²) in [7, 11) is 3.26. The fourth-order valence-electron chi connectivity index (χ4n) is 2.57. The minimum atomic E-state index is -0.353. The summed E-state index contributed by atoms with van der Waals surface area (Å²) in [5.74, 6) is -0.319. The van der Waals surface area contributed by atoms with Gasteiger partial charge in [0.2, 0.25) is 0 Å². The number of aryl methyl sites for hydroxylation is 1. The van der Waals surface area contributed by atoms with E-state index in [0.29, 0.717) is 12.3 Å². The van der Waals surface area contributed by atoms with Gasteiger partial charge in [-0.15, -0.1) is 0 Å². The maximum Gasteiger partial charge on any atom is 0.276 e. The second kappa shape index (κ2) is 7.16. The normalized spacial score (nSPS) is 12.3. The number of carbonyl (C=O) groups excluding carboxylic acids is 1. The molecule has 7 nitrogen and oxygen atoms in total. The Hall–Kier alpha value is -2.51. The molecule has 3 heterocycles. The molecular formula is C17H18ClN5O2.